The highest BCUT2D eigenvalue weighted by Gasteiger charge is 2.13. The molecule has 0 radical (unpaired) electrons. The number of nitrogens with one attached hydrogen (secondary N) is 2. The number of hydrogen-bond acceptors (Lipinski definition) is 5. The summed E-state index contributed by atoms with van der Waals surface area (Å²) in [6.07, 6.45) is 1.18. The molecule has 6 heteroatoms. The predicted octanol–water partition coefficient (Wildman–Crippen LogP) is 3.93. The zero-order valence-corrected chi connectivity index (χ0v) is 17.8. The normalized spacial score (nSPS) is 10.8. The predicted molar refractivity (Wildman–Crippen MR) is 116 cm³/mol. The summed E-state index contributed by atoms with van der Waals surface area (Å²) in [5, 5.41) is 6.22. The number of rotatable bonds is 12. The van der Waals surface area contributed by atoms with Gasteiger partial charge in [0, 0.05) is 24.4 Å². The van der Waals surface area contributed by atoms with E-state index in [1.807, 2.05) is 63.2 Å². The number of carbonyl (C=O) groups excluding carboxylic acids is 1. The molecule has 6 nitrogen and oxygen atoms in total. The van der Waals surface area contributed by atoms with Crippen LogP contribution in [0.2, 0.25) is 0 Å². The Kier molecular flexibility index (Phi) is 9.47. The maximum absolute atomic E-state index is 12.3. The molecule has 0 atom stereocenters. The fourth-order valence-corrected chi connectivity index (χ4v) is 2.74. The Morgan fingerprint density at radius 3 is 2.55 bits per heavy atom. The third-order valence-electron chi connectivity index (χ3n) is 4.23. The Bertz CT molecular complexity index is 760. The molecule has 0 fully saturated rings. The van der Waals surface area contributed by atoms with Crippen molar-refractivity contribution in [3.8, 4) is 11.5 Å². The minimum atomic E-state index is -0.218. The zero-order chi connectivity index (χ0) is 21.1. The largest absolute Gasteiger partial charge is 0.493 e. The van der Waals surface area contributed by atoms with Crippen molar-refractivity contribution in [2.45, 2.75) is 39.8 Å². The van der Waals surface area contributed by atoms with Crippen LogP contribution < -0.4 is 20.1 Å². The molecule has 0 heterocycles. The number of hydrogen-bond donors (Lipinski definition) is 2. The number of para-hydroxylation sites is 1. The highest BCUT2D eigenvalue weighted by atomic mass is 16.5. The first-order chi connectivity index (χ1) is 14.0. The van der Waals surface area contributed by atoms with Crippen molar-refractivity contribution in [2.24, 2.45) is 0 Å². The van der Waals surface area contributed by atoms with Crippen LogP contribution in [0.1, 0.15) is 31.4 Å². The van der Waals surface area contributed by atoms with Crippen LogP contribution in [0.15, 0.2) is 42.5 Å². The van der Waals surface area contributed by atoms with Gasteiger partial charge >= 0.3 is 0 Å². The maximum atomic E-state index is 12.3. The Labute approximate surface area is 173 Å². The number of ether oxygens (including phenoxy) is 3. The van der Waals surface area contributed by atoms with E-state index in [1.54, 1.807) is 7.11 Å². The topological polar surface area (TPSA) is 68.8 Å². The molecule has 0 spiro atoms. The first kappa shape index (κ1) is 22.7. The maximum Gasteiger partial charge on any atom is 0.262 e. The van der Waals surface area contributed by atoms with Crippen molar-refractivity contribution in [1.29, 1.82) is 0 Å². The van der Waals surface area contributed by atoms with E-state index in [2.05, 4.69) is 10.6 Å². The molecule has 0 aliphatic carbocycles. The number of aryl methyl sites for hydroxylation is 1. The van der Waals surface area contributed by atoms with Gasteiger partial charge in [0.2, 0.25) is 0 Å². The van der Waals surface area contributed by atoms with Crippen molar-refractivity contribution in [2.75, 3.05) is 32.2 Å². The van der Waals surface area contributed by atoms with Gasteiger partial charge in [-0.15, -0.1) is 0 Å². The molecule has 2 N–H and O–H groups in total. The van der Waals surface area contributed by atoms with Gasteiger partial charge in [0.15, 0.2) is 18.1 Å². The Hall–Kier alpha value is -2.57. The average molecular weight is 401 g/mol. The molecule has 0 aliphatic heterocycles. The minimum absolute atomic E-state index is 0.0938. The van der Waals surface area contributed by atoms with Gasteiger partial charge in [0.1, 0.15) is 0 Å². The number of methoxy groups -OCH3 is 1. The van der Waals surface area contributed by atoms with Crippen LogP contribution in [0.4, 0.5) is 5.69 Å². The van der Waals surface area contributed by atoms with Crippen molar-refractivity contribution in [3.05, 3.63) is 53.6 Å². The molecule has 158 valence electrons. The molecule has 29 heavy (non-hydrogen) atoms. The smallest absolute Gasteiger partial charge is 0.262 e. The lowest BCUT2D eigenvalue weighted by molar-refractivity contribution is -0.118. The second kappa shape index (κ2) is 12.1. The Morgan fingerprint density at radius 2 is 1.86 bits per heavy atom. The highest BCUT2D eigenvalue weighted by Crippen LogP contribution is 2.31. The quantitative estimate of drug-likeness (QED) is 0.529. The summed E-state index contributed by atoms with van der Waals surface area (Å²) in [6.45, 7) is 8.15. The molecular weight excluding hydrogens is 368 g/mol. The molecule has 0 saturated carbocycles. The molecule has 2 aromatic rings. The summed E-state index contributed by atoms with van der Waals surface area (Å²) in [5.41, 5.74) is 2.83. The van der Waals surface area contributed by atoms with E-state index in [-0.39, 0.29) is 18.6 Å². The number of carbonyl (C=O) groups is 1. The number of benzene rings is 2. The molecule has 0 unspecified atom stereocenters. The van der Waals surface area contributed by atoms with Gasteiger partial charge in [-0.3, -0.25) is 4.79 Å². The van der Waals surface area contributed by atoms with Crippen molar-refractivity contribution in [3.63, 3.8) is 0 Å². The summed E-state index contributed by atoms with van der Waals surface area (Å²) in [6, 6.07) is 13.3. The highest BCUT2D eigenvalue weighted by molar-refractivity contribution is 5.91. The second-order valence-corrected chi connectivity index (χ2v) is 7.10. The lowest BCUT2D eigenvalue weighted by Gasteiger charge is -2.16. The van der Waals surface area contributed by atoms with Gasteiger partial charge in [0.05, 0.1) is 13.2 Å². The van der Waals surface area contributed by atoms with Gasteiger partial charge in [-0.2, -0.15) is 0 Å². The van der Waals surface area contributed by atoms with Crippen LogP contribution in [0, 0.1) is 6.92 Å². The van der Waals surface area contributed by atoms with Gasteiger partial charge in [0.25, 0.3) is 5.91 Å². The van der Waals surface area contributed by atoms with E-state index in [1.165, 1.54) is 0 Å². The monoisotopic (exact) mass is 400 g/mol. The lowest BCUT2D eigenvalue weighted by atomic mass is 10.2. The van der Waals surface area contributed by atoms with Gasteiger partial charge in [-0.25, -0.2) is 0 Å². The third-order valence-corrected chi connectivity index (χ3v) is 4.23. The number of amides is 1. The Balaban J connectivity index is 1.89. The zero-order valence-electron chi connectivity index (χ0n) is 17.8. The van der Waals surface area contributed by atoms with Crippen LogP contribution >= 0.6 is 0 Å². The molecule has 0 saturated heterocycles. The summed E-state index contributed by atoms with van der Waals surface area (Å²) in [7, 11) is 1.59. The molecule has 2 aromatic carbocycles. The van der Waals surface area contributed by atoms with Crippen molar-refractivity contribution >= 4 is 11.6 Å². The van der Waals surface area contributed by atoms with E-state index in [9.17, 15) is 4.79 Å². The Morgan fingerprint density at radius 1 is 1.10 bits per heavy atom. The van der Waals surface area contributed by atoms with Gasteiger partial charge in [-0.1, -0.05) is 29.8 Å². The molecular formula is C23H32N2O4. The van der Waals surface area contributed by atoms with Crippen LogP contribution in [-0.4, -0.2) is 38.9 Å². The molecule has 0 aliphatic rings. The van der Waals surface area contributed by atoms with E-state index in [4.69, 9.17) is 14.2 Å². The van der Waals surface area contributed by atoms with Crippen molar-refractivity contribution in [1.82, 2.24) is 5.32 Å². The van der Waals surface area contributed by atoms with E-state index in [0.29, 0.717) is 18.0 Å². The SMILES string of the molecule is COc1cccc(CNCCCOC(C)C)c1OCC(=O)Nc1ccc(C)cc1. The van der Waals surface area contributed by atoms with E-state index < -0.39 is 0 Å². The van der Waals surface area contributed by atoms with E-state index >= 15 is 0 Å². The van der Waals surface area contributed by atoms with E-state index in [0.717, 1.165) is 36.4 Å². The van der Waals surface area contributed by atoms with Gasteiger partial charge in [-0.05, 0) is 51.9 Å². The van der Waals surface area contributed by atoms with Crippen molar-refractivity contribution < 1.29 is 19.0 Å². The summed E-state index contributed by atoms with van der Waals surface area (Å²) in [5.74, 6) is 0.972. The second-order valence-electron chi connectivity index (χ2n) is 7.10. The lowest BCUT2D eigenvalue weighted by Crippen LogP contribution is -2.22. The van der Waals surface area contributed by atoms with Crippen LogP contribution in [0.25, 0.3) is 0 Å². The summed E-state index contributed by atoms with van der Waals surface area (Å²) >= 11 is 0. The fraction of sp³-hybridized carbons (Fsp3) is 0.435. The average Bonchev–Trinajstić information content (AvgIpc) is 2.70. The first-order valence-electron chi connectivity index (χ1n) is 9.97. The summed E-state index contributed by atoms with van der Waals surface area (Å²) in [4.78, 5) is 12.3. The van der Waals surface area contributed by atoms with Gasteiger partial charge < -0.3 is 24.8 Å². The van der Waals surface area contributed by atoms with Crippen LogP contribution in [0.3, 0.4) is 0 Å². The summed E-state index contributed by atoms with van der Waals surface area (Å²) < 4.78 is 16.8. The minimum Gasteiger partial charge on any atom is -0.493 e. The van der Waals surface area contributed by atoms with Crippen LogP contribution in [0.5, 0.6) is 11.5 Å². The molecule has 0 aromatic heterocycles. The van der Waals surface area contributed by atoms with Crippen LogP contribution in [-0.2, 0) is 16.1 Å². The molecule has 0 bridgehead atoms. The molecule has 1 amide bonds. The third kappa shape index (κ3) is 8.13. The fourth-order valence-electron chi connectivity index (χ4n) is 2.74. The standard InChI is InChI=1S/C23H32N2O4/c1-17(2)28-14-6-13-24-15-19-7-5-8-21(27-4)23(19)29-16-22(26)25-20-11-9-18(3)10-12-20/h5,7-12,17,24H,6,13-16H2,1-4H3,(H,25,26). The number of anilines is 1. The molecule has 2 rings (SSSR count). The first-order valence-corrected chi connectivity index (χ1v) is 9.97.